The molecule has 11 heteroatoms. The second-order valence-corrected chi connectivity index (χ2v) is 10.5. The third-order valence-corrected chi connectivity index (χ3v) is 7.18. The summed E-state index contributed by atoms with van der Waals surface area (Å²) in [4.78, 5) is 54.9. The van der Waals surface area contributed by atoms with Crippen LogP contribution in [0.4, 0.5) is 0 Å². The molecule has 216 valence electrons. The summed E-state index contributed by atoms with van der Waals surface area (Å²) in [6.45, 7) is 5.05. The maximum absolute atomic E-state index is 13.9. The van der Waals surface area contributed by atoms with Crippen LogP contribution in [0.15, 0.2) is 66.0 Å². The van der Waals surface area contributed by atoms with E-state index in [0.717, 1.165) is 11.1 Å². The Morgan fingerprint density at radius 1 is 1.10 bits per heavy atom. The van der Waals surface area contributed by atoms with Crippen molar-refractivity contribution >= 4 is 35.4 Å². The van der Waals surface area contributed by atoms with Gasteiger partial charge in [0.25, 0.3) is 5.91 Å². The number of nitrogens with zero attached hydrogens (tertiary/aromatic N) is 2. The van der Waals surface area contributed by atoms with Crippen molar-refractivity contribution in [3.63, 3.8) is 0 Å². The topological polar surface area (TPSA) is 149 Å². The highest BCUT2D eigenvalue weighted by Gasteiger charge is 2.46. The molecule has 11 nitrogen and oxygen atoms in total. The Hall–Kier alpha value is -4.67. The molecule has 3 aliphatic rings. The van der Waals surface area contributed by atoms with Crippen molar-refractivity contribution in [2.75, 3.05) is 6.54 Å². The number of amides is 4. The first-order valence-electron chi connectivity index (χ1n) is 13.6. The van der Waals surface area contributed by atoms with Gasteiger partial charge in [-0.3, -0.25) is 19.2 Å². The van der Waals surface area contributed by atoms with Crippen LogP contribution in [-0.2, 0) is 25.6 Å². The molecule has 3 heterocycles. The van der Waals surface area contributed by atoms with Gasteiger partial charge in [-0.2, -0.15) is 0 Å². The van der Waals surface area contributed by atoms with Crippen LogP contribution in [0, 0.1) is 5.92 Å². The van der Waals surface area contributed by atoms with Gasteiger partial charge in [-0.1, -0.05) is 61.5 Å². The monoisotopic (exact) mass is 561 g/mol. The van der Waals surface area contributed by atoms with E-state index in [0.29, 0.717) is 12.2 Å². The molecule has 2 bridgehead atoms. The fourth-order valence-electron chi connectivity index (χ4n) is 4.90. The van der Waals surface area contributed by atoms with E-state index in [1.165, 1.54) is 18.0 Å². The normalized spacial score (nSPS) is 21.8. The van der Waals surface area contributed by atoms with E-state index in [4.69, 9.17) is 9.94 Å². The number of rotatable bonds is 6. The molecule has 4 atom stereocenters. The van der Waals surface area contributed by atoms with Gasteiger partial charge in [0.05, 0.1) is 0 Å². The number of hydrogen-bond donors (Lipinski definition) is 4. The second kappa shape index (κ2) is 13.1. The van der Waals surface area contributed by atoms with Crippen LogP contribution in [0.25, 0.3) is 6.08 Å². The second-order valence-electron chi connectivity index (χ2n) is 10.5. The van der Waals surface area contributed by atoms with Gasteiger partial charge in [0.1, 0.15) is 35.7 Å². The fourth-order valence-corrected chi connectivity index (χ4v) is 4.90. The summed E-state index contributed by atoms with van der Waals surface area (Å²) >= 11 is 0. The number of hydrogen-bond acceptors (Lipinski definition) is 7. The summed E-state index contributed by atoms with van der Waals surface area (Å²) in [5.41, 5.74) is 1.49. The molecule has 3 aliphatic heterocycles. The molecule has 0 spiro atoms. The number of likely N-dealkylation sites (tertiary alicyclic amines) is 1. The fraction of sp³-hybridized carbons (Fsp3) is 0.367. The van der Waals surface area contributed by atoms with Gasteiger partial charge >= 0.3 is 0 Å². The lowest BCUT2D eigenvalue weighted by Gasteiger charge is -2.33. The Morgan fingerprint density at radius 2 is 1.80 bits per heavy atom. The van der Waals surface area contributed by atoms with E-state index in [1.807, 2.05) is 42.5 Å². The summed E-state index contributed by atoms with van der Waals surface area (Å²) < 4.78 is 6.23. The van der Waals surface area contributed by atoms with Crippen LogP contribution in [0.1, 0.15) is 38.3 Å². The van der Waals surface area contributed by atoms with Gasteiger partial charge < -0.3 is 30.8 Å². The number of benzene rings is 2. The van der Waals surface area contributed by atoms with Gasteiger partial charge in [0, 0.05) is 25.6 Å². The van der Waals surface area contributed by atoms with E-state index < -0.39 is 47.9 Å². The molecule has 1 saturated heterocycles. The molecule has 0 radical (unpaired) electrons. The SMILES string of the molecule is CC(=NO)C(=O)NC(C(=O)N1CCC2Oc3ccc(cc3)C=CNC(=O)C(Cc3ccccc3)NC(=O)C21)C(C)C. The minimum Gasteiger partial charge on any atom is -0.488 e. The summed E-state index contributed by atoms with van der Waals surface area (Å²) in [7, 11) is 0. The van der Waals surface area contributed by atoms with E-state index in [1.54, 1.807) is 32.1 Å². The minimum absolute atomic E-state index is 0.197. The summed E-state index contributed by atoms with van der Waals surface area (Å²) in [6.07, 6.45) is 3.16. The van der Waals surface area contributed by atoms with Gasteiger partial charge in [-0.25, -0.2) is 0 Å². The number of carbonyl (C=O) groups is 4. The predicted octanol–water partition coefficient (Wildman–Crippen LogP) is 1.85. The van der Waals surface area contributed by atoms with Crippen LogP contribution in [0.3, 0.4) is 0 Å². The molecular weight excluding hydrogens is 526 g/mol. The molecule has 4 unspecified atom stereocenters. The maximum Gasteiger partial charge on any atom is 0.269 e. The third-order valence-electron chi connectivity index (χ3n) is 7.18. The van der Waals surface area contributed by atoms with Gasteiger partial charge in [0.2, 0.25) is 17.7 Å². The summed E-state index contributed by atoms with van der Waals surface area (Å²) in [6, 6.07) is 13.5. The first-order valence-corrected chi connectivity index (χ1v) is 13.6. The molecule has 5 rings (SSSR count). The Balaban J connectivity index is 1.68. The molecule has 41 heavy (non-hydrogen) atoms. The summed E-state index contributed by atoms with van der Waals surface area (Å²) in [5, 5.41) is 20.1. The number of nitrogens with one attached hydrogen (secondary N) is 3. The minimum atomic E-state index is -1.07. The molecule has 2 aromatic rings. The lowest BCUT2D eigenvalue weighted by atomic mass is 10.0. The highest BCUT2D eigenvalue weighted by Crippen LogP contribution is 2.27. The Bertz CT molecular complexity index is 1320. The smallest absolute Gasteiger partial charge is 0.269 e. The predicted molar refractivity (Wildman–Crippen MR) is 152 cm³/mol. The molecule has 0 aliphatic carbocycles. The standard InChI is InChI=1S/C30H35N5O6/c1-18(2)25(33-27(36)19(3)34-40)30(39)35-16-14-24-26(35)29(38)32-23(17-21-7-5-4-6-8-21)28(37)31-15-13-20-9-11-22(41-24)12-10-20/h4-13,15,18,23-26,40H,14,16-17H2,1-3H3,(H,31,37)(H,32,38)(H,33,36). The Morgan fingerprint density at radius 3 is 2.46 bits per heavy atom. The highest BCUT2D eigenvalue weighted by molar-refractivity contribution is 6.38. The first kappa shape index (κ1) is 29.3. The van der Waals surface area contributed by atoms with E-state index in [2.05, 4.69) is 21.1 Å². The first-order chi connectivity index (χ1) is 19.7. The molecule has 0 aromatic heterocycles. The van der Waals surface area contributed by atoms with Gasteiger partial charge in [-0.05, 0) is 42.2 Å². The number of fused-ring (bicyclic) bond motifs is 7. The van der Waals surface area contributed by atoms with Crippen molar-refractivity contribution < 1.29 is 29.1 Å². The van der Waals surface area contributed by atoms with Crippen LogP contribution in [0.5, 0.6) is 5.75 Å². The molecule has 4 N–H and O–H groups in total. The van der Waals surface area contributed by atoms with E-state index in [-0.39, 0.29) is 24.6 Å². The molecule has 0 saturated carbocycles. The van der Waals surface area contributed by atoms with Crippen LogP contribution in [0.2, 0.25) is 0 Å². The lowest BCUT2D eigenvalue weighted by Crippen LogP contribution is -2.60. The largest absolute Gasteiger partial charge is 0.488 e. The average Bonchev–Trinajstić information content (AvgIpc) is 3.39. The zero-order chi connectivity index (χ0) is 29.5. The van der Waals surface area contributed by atoms with Crippen molar-refractivity contribution in [2.24, 2.45) is 11.1 Å². The maximum atomic E-state index is 13.9. The van der Waals surface area contributed by atoms with Crippen molar-refractivity contribution in [1.29, 1.82) is 0 Å². The van der Waals surface area contributed by atoms with Crippen molar-refractivity contribution in [2.45, 2.75) is 57.8 Å². The van der Waals surface area contributed by atoms with Gasteiger partial charge in [-0.15, -0.1) is 0 Å². The van der Waals surface area contributed by atoms with Crippen molar-refractivity contribution in [1.82, 2.24) is 20.9 Å². The molecule has 1 fully saturated rings. The van der Waals surface area contributed by atoms with Crippen molar-refractivity contribution in [3.05, 3.63) is 71.9 Å². The van der Waals surface area contributed by atoms with E-state index in [9.17, 15) is 19.2 Å². The Labute approximate surface area is 238 Å². The van der Waals surface area contributed by atoms with E-state index >= 15 is 0 Å². The zero-order valence-electron chi connectivity index (χ0n) is 23.2. The average molecular weight is 562 g/mol. The zero-order valence-corrected chi connectivity index (χ0v) is 23.2. The van der Waals surface area contributed by atoms with Crippen LogP contribution in [-0.4, -0.2) is 70.2 Å². The molecular formula is C30H35N5O6. The molecule has 4 amide bonds. The van der Waals surface area contributed by atoms with Crippen LogP contribution >= 0.6 is 0 Å². The number of carbonyl (C=O) groups excluding carboxylic acids is 4. The summed E-state index contributed by atoms with van der Waals surface area (Å²) in [5.74, 6) is -1.94. The highest BCUT2D eigenvalue weighted by atomic mass is 16.5. The quantitative estimate of drug-likeness (QED) is 0.240. The lowest BCUT2D eigenvalue weighted by molar-refractivity contribution is -0.144. The van der Waals surface area contributed by atoms with Crippen molar-refractivity contribution in [3.8, 4) is 5.75 Å². The third kappa shape index (κ3) is 7.10. The Kier molecular flexibility index (Phi) is 9.38. The number of ether oxygens (including phenoxy) is 1. The van der Waals surface area contributed by atoms with Gasteiger partial charge in [0.15, 0.2) is 0 Å². The molecule has 2 aromatic carbocycles. The van der Waals surface area contributed by atoms with Crippen LogP contribution < -0.4 is 20.7 Å². The number of oxime groups is 1.